The van der Waals surface area contributed by atoms with Gasteiger partial charge >= 0.3 is 0 Å². The fourth-order valence-electron chi connectivity index (χ4n) is 1.31. The summed E-state index contributed by atoms with van der Waals surface area (Å²) in [4.78, 5) is 0.931. The maximum atomic E-state index is 9.44. The number of aliphatic hydroxyl groups excluding tert-OH is 1. The molecule has 0 aliphatic carbocycles. The van der Waals surface area contributed by atoms with Gasteiger partial charge in [-0.05, 0) is 36.1 Å². The van der Waals surface area contributed by atoms with Crippen LogP contribution in [0, 0.1) is 6.92 Å². The molecule has 0 aliphatic rings. The van der Waals surface area contributed by atoms with E-state index in [1.165, 1.54) is 0 Å². The topological polar surface area (TPSA) is 40.5 Å². The molecule has 0 saturated heterocycles. The highest BCUT2D eigenvalue weighted by Gasteiger charge is 2.03. The molecule has 1 aromatic carbocycles. The lowest BCUT2D eigenvalue weighted by Gasteiger charge is -1.96. The van der Waals surface area contributed by atoms with Crippen LogP contribution in [0.5, 0.6) is 5.75 Å². The van der Waals surface area contributed by atoms with E-state index in [4.69, 9.17) is 5.11 Å². The minimum absolute atomic E-state index is 0.0686. The third-order valence-corrected chi connectivity index (χ3v) is 3.12. The van der Waals surface area contributed by atoms with Gasteiger partial charge in [-0.25, -0.2) is 0 Å². The van der Waals surface area contributed by atoms with Crippen molar-refractivity contribution in [2.24, 2.45) is 0 Å². The van der Waals surface area contributed by atoms with Crippen molar-refractivity contribution in [3.63, 3.8) is 0 Å². The molecular formula is C10H10O2S. The van der Waals surface area contributed by atoms with Crippen molar-refractivity contribution >= 4 is 21.4 Å². The number of aliphatic hydroxyl groups is 1. The average Bonchev–Trinajstić information content (AvgIpc) is 2.48. The van der Waals surface area contributed by atoms with Gasteiger partial charge in [0.2, 0.25) is 0 Å². The zero-order valence-corrected chi connectivity index (χ0v) is 8.06. The molecule has 0 amide bonds. The second-order valence-corrected chi connectivity index (χ2v) is 4.22. The number of phenolic OH excluding ortho intramolecular Hbond substituents is 1. The summed E-state index contributed by atoms with van der Waals surface area (Å²) in [7, 11) is 0. The molecule has 2 nitrogen and oxygen atoms in total. The van der Waals surface area contributed by atoms with Gasteiger partial charge in [-0.2, -0.15) is 0 Å². The SMILES string of the molecule is Cc1cc2sc(CO)cc2cc1O. The van der Waals surface area contributed by atoms with Crippen molar-refractivity contribution in [1.29, 1.82) is 0 Å². The first kappa shape index (κ1) is 8.53. The van der Waals surface area contributed by atoms with Crippen LogP contribution in [0.1, 0.15) is 10.4 Å². The lowest BCUT2D eigenvalue weighted by Crippen LogP contribution is -1.72. The molecule has 0 fully saturated rings. The quantitative estimate of drug-likeness (QED) is 0.731. The van der Waals surface area contributed by atoms with Crippen molar-refractivity contribution in [3.05, 3.63) is 28.6 Å². The van der Waals surface area contributed by atoms with Crippen molar-refractivity contribution in [2.75, 3.05) is 0 Å². The van der Waals surface area contributed by atoms with E-state index in [0.29, 0.717) is 5.75 Å². The van der Waals surface area contributed by atoms with Crippen LogP contribution in [-0.2, 0) is 6.61 Å². The smallest absolute Gasteiger partial charge is 0.119 e. The van der Waals surface area contributed by atoms with E-state index in [9.17, 15) is 5.11 Å². The molecule has 68 valence electrons. The zero-order valence-electron chi connectivity index (χ0n) is 7.24. The van der Waals surface area contributed by atoms with Gasteiger partial charge in [0.25, 0.3) is 0 Å². The number of thiophene rings is 1. The first-order valence-corrected chi connectivity index (χ1v) is 4.85. The number of rotatable bonds is 1. The van der Waals surface area contributed by atoms with E-state index < -0.39 is 0 Å². The Hall–Kier alpha value is -1.06. The number of fused-ring (bicyclic) bond motifs is 1. The fourth-order valence-corrected chi connectivity index (χ4v) is 2.31. The highest BCUT2D eigenvalue weighted by molar-refractivity contribution is 7.19. The second kappa shape index (κ2) is 3.01. The Labute approximate surface area is 80.1 Å². The Kier molecular flexibility index (Phi) is 1.98. The molecule has 0 aliphatic heterocycles. The summed E-state index contributed by atoms with van der Waals surface area (Å²) in [5.74, 6) is 0.315. The Bertz CT molecular complexity index is 406. The molecule has 0 bridgehead atoms. The number of phenols is 1. The molecule has 1 aromatic heterocycles. The van der Waals surface area contributed by atoms with E-state index in [0.717, 1.165) is 20.5 Å². The minimum Gasteiger partial charge on any atom is -0.508 e. The Morgan fingerprint density at radius 2 is 2.08 bits per heavy atom. The third-order valence-electron chi connectivity index (χ3n) is 2.04. The van der Waals surface area contributed by atoms with Gasteiger partial charge in [-0.15, -0.1) is 11.3 Å². The van der Waals surface area contributed by atoms with Crippen LogP contribution in [0.25, 0.3) is 10.1 Å². The monoisotopic (exact) mass is 194 g/mol. The third kappa shape index (κ3) is 1.41. The van der Waals surface area contributed by atoms with E-state index >= 15 is 0 Å². The summed E-state index contributed by atoms with van der Waals surface area (Å²) >= 11 is 1.56. The van der Waals surface area contributed by atoms with Crippen molar-refractivity contribution < 1.29 is 10.2 Å². The Balaban J connectivity index is 2.70. The van der Waals surface area contributed by atoms with Crippen LogP contribution in [0.2, 0.25) is 0 Å². The molecule has 2 rings (SSSR count). The van der Waals surface area contributed by atoms with Crippen LogP contribution in [0.4, 0.5) is 0 Å². The van der Waals surface area contributed by atoms with Gasteiger partial charge in [0.15, 0.2) is 0 Å². The van der Waals surface area contributed by atoms with Gasteiger partial charge in [0, 0.05) is 9.58 Å². The Morgan fingerprint density at radius 1 is 1.31 bits per heavy atom. The van der Waals surface area contributed by atoms with E-state index in [1.54, 1.807) is 17.4 Å². The summed E-state index contributed by atoms with van der Waals surface area (Å²) in [6.45, 7) is 1.94. The molecule has 2 N–H and O–H groups in total. The Morgan fingerprint density at radius 3 is 2.77 bits per heavy atom. The number of hydrogen-bond acceptors (Lipinski definition) is 3. The van der Waals surface area contributed by atoms with Crippen LogP contribution in [0.3, 0.4) is 0 Å². The maximum Gasteiger partial charge on any atom is 0.119 e. The average molecular weight is 194 g/mol. The van der Waals surface area contributed by atoms with Crippen LogP contribution in [0.15, 0.2) is 18.2 Å². The number of benzene rings is 1. The first-order valence-electron chi connectivity index (χ1n) is 4.03. The molecule has 2 aromatic rings. The van der Waals surface area contributed by atoms with Gasteiger partial charge in [0.1, 0.15) is 5.75 Å². The summed E-state index contributed by atoms with van der Waals surface area (Å²) in [5, 5.41) is 19.4. The zero-order chi connectivity index (χ0) is 9.42. The lowest BCUT2D eigenvalue weighted by atomic mass is 10.2. The molecule has 0 radical (unpaired) electrons. The van der Waals surface area contributed by atoms with Gasteiger partial charge < -0.3 is 10.2 Å². The van der Waals surface area contributed by atoms with Crippen LogP contribution in [-0.4, -0.2) is 10.2 Å². The summed E-state index contributed by atoms with van der Waals surface area (Å²) < 4.78 is 1.11. The van der Waals surface area contributed by atoms with Gasteiger partial charge in [0.05, 0.1) is 6.61 Å². The highest BCUT2D eigenvalue weighted by Crippen LogP contribution is 2.30. The standard InChI is InChI=1S/C10H10O2S/c1-6-2-10-7(4-9(6)12)3-8(5-11)13-10/h2-4,11-12H,5H2,1H3. The van der Waals surface area contributed by atoms with E-state index in [1.807, 2.05) is 19.1 Å². The molecule has 3 heteroatoms. The summed E-state index contributed by atoms with van der Waals surface area (Å²) in [6, 6.07) is 5.58. The van der Waals surface area contributed by atoms with Gasteiger partial charge in [-0.1, -0.05) is 0 Å². The van der Waals surface area contributed by atoms with Crippen LogP contribution >= 0.6 is 11.3 Å². The van der Waals surface area contributed by atoms with Gasteiger partial charge in [-0.3, -0.25) is 0 Å². The predicted molar refractivity (Wildman–Crippen MR) is 54.1 cm³/mol. The van der Waals surface area contributed by atoms with Crippen molar-refractivity contribution in [1.82, 2.24) is 0 Å². The number of aromatic hydroxyl groups is 1. The molecule has 0 unspecified atom stereocenters. The fraction of sp³-hybridized carbons (Fsp3) is 0.200. The molecule has 0 atom stereocenters. The molecular weight excluding hydrogens is 184 g/mol. The number of hydrogen-bond donors (Lipinski definition) is 2. The van der Waals surface area contributed by atoms with Crippen LogP contribution < -0.4 is 0 Å². The molecule has 0 spiro atoms. The lowest BCUT2D eigenvalue weighted by molar-refractivity contribution is 0.285. The second-order valence-electron chi connectivity index (χ2n) is 3.05. The maximum absolute atomic E-state index is 9.44. The molecule has 1 heterocycles. The molecule has 13 heavy (non-hydrogen) atoms. The highest BCUT2D eigenvalue weighted by atomic mass is 32.1. The minimum atomic E-state index is 0.0686. The van der Waals surface area contributed by atoms with Crippen molar-refractivity contribution in [3.8, 4) is 5.75 Å². The van der Waals surface area contributed by atoms with E-state index in [2.05, 4.69) is 0 Å². The molecule has 0 saturated carbocycles. The summed E-state index contributed by atoms with van der Waals surface area (Å²) in [6.07, 6.45) is 0. The first-order chi connectivity index (χ1) is 6.20. The predicted octanol–water partition coefficient (Wildman–Crippen LogP) is 2.41. The normalized spacial score (nSPS) is 10.9. The van der Waals surface area contributed by atoms with Crippen molar-refractivity contribution in [2.45, 2.75) is 13.5 Å². The largest absolute Gasteiger partial charge is 0.508 e. The van der Waals surface area contributed by atoms with E-state index in [-0.39, 0.29) is 6.61 Å². The number of aryl methyl sites for hydroxylation is 1. The summed E-state index contributed by atoms with van der Waals surface area (Å²) in [5.41, 5.74) is 0.874.